The first-order chi connectivity index (χ1) is 9.67. The maximum absolute atomic E-state index is 5.60. The smallest absolute Gasteiger partial charge is 0.191 e. The van der Waals surface area contributed by atoms with Crippen LogP contribution in [0.15, 0.2) is 4.99 Å². The fourth-order valence-corrected chi connectivity index (χ4v) is 2.42. The van der Waals surface area contributed by atoms with Crippen LogP contribution in [0, 0.1) is 0 Å². The first kappa shape index (κ1) is 17.2. The Balaban J connectivity index is 2.31. The summed E-state index contributed by atoms with van der Waals surface area (Å²) in [5, 5.41) is 6.70. The monoisotopic (exact) mass is 284 g/mol. The second kappa shape index (κ2) is 10.00. The molecule has 1 rings (SSSR count). The molecule has 20 heavy (non-hydrogen) atoms. The Morgan fingerprint density at radius 1 is 1.35 bits per heavy atom. The third-order valence-electron chi connectivity index (χ3n) is 3.65. The highest BCUT2D eigenvalue weighted by Crippen LogP contribution is 2.11. The van der Waals surface area contributed by atoms with Crippen LogP contribution in [0.2, 0.25) is 0 Å². The van der Waals surface area contributed by atoms with Crippen molar-refractivity contribution in [3.05, 3.63) is 0 Å². The van der Waals surface area contributed by atoms with Gasteiger partial charge in [-0.3, -0.25) is 9.89 Å². The first-order valence-corrected chi connectivity index (χ1v) is 8.05. The number of nitrogens with zero attached hydrogens (tertiary/aromatic N) is 2. The number of hydrogen-bond acceptors (Lipinski definition) is 3. The molecule has 5 heteroatoms. The van der Waals surface area contributed by atoms with Crippen LogP contribution in [0.5, 0.6) is 0 Å². The number of ether oxygens (including phenoxy) is 1. The van der Waals surface area contributed by atoms with Crippen molar-refractivity contribution in [2.24, 2.45) is 4.99 Å². The molecule has 0 aliphatic carbocycles. The van der Waals surface area contributed by atoms with Gasteiger partial charge in [-0.25, -0.2) is 0 Å². The fraction of sp³-hybridized carbons (Fsp3) is 0.933. The predicted molar refractivity (Wildman–Crippen MR) is 85.3 cm³/mol. The van der Waals surface area contributed by atoms with Crippen LogP contribution in [0.25, 0.3) is 0 Å². The van der Waals surface area contributed by atoms with E-state index >= 15 is 0 Å². The number of nitrogens with one attached hydrogen (secondary N) is 2. The zero-order valence-electron chi connectivity index (χ0n) is 13.6. The molecule has 0 amide bonds. The van der Waals surface area contributed by atoms with Gasteiger partial charge in [-0.05, 0) is 40.2 Å². The summed E-state index contributed by atoms with van der Waals surface area (Å²) in [6.07, 6.45) is 2.62. The lowest BCUT2D eigenvalue weighted by molar-refractivity contribution is 0.117. The summed E-state index contributed by atoms with van der Waals surface area (Å²) in [6, 6.07) is 0.591. The van der Waals surface area contributed by atoms with Crippen LogP contribution in [-0.2, 0) is 4.74 Å². The summed E-state index contributed by atoms with van der Waals surface area (Å²) < 4.78 is 5.60. The van der Waals surface area contributed by atoms with Gasteiger partial charge in [0.15, 0.2) is 5.96 Å². The van der Waals surface area contributed by atoms with Crippen LogP contribution in [-0.4, -0.2) is 62.3 Å². The Labute approximate surface area is 124 Å². The first-order valence-electron chi connectivity index (χ1n) is 8.05. The molecule has 0 aromatic carbocycles. The highest BCUT2D eigenvalue weighted by Gasteiger charge is 2.14. The normalized spacial score (nSPS) is 19.9. The molecule has 0 aromatic rings. The van der Waals surface area contributed by atoms with Crippen molar-refractivity contribution in [1.29, 1.82) is 0 Å². The number of hydrogen-bond donors (Lipinski definition) is 2. The van der Waals surface area contributed by atoms with Crippen LogP contribution < -0.4 is 10.6 Å². The van der Waals surface area contributed by atoms with Gasteiger partial charge in [0, 0.05) is 32.3 Å². The highest BCUT2D eigenvalue weighted by atomic mass is 16.5. The van der Waals surface area contributed by atoms with Gasteiger partial charge >= 0.3 is 0 Å². The van der Waals surface area contributed by atoms with Gasteiger partial charge in [-0.1, -0.05) is 6.92 Å². The van der Waals surface area contributed by atoms with Crippen molar-refractivity contribution < 1.29 is 4.74 Å². The van der Waals surface area contributed by atoms with Crippen LogP contribution in [0.1, 0.15) is 40.5 Å². The molecule has 5 nitrogen and oxygen atoms in total. The lowest BCUT2D eigenvalue weighted by Gasteiger charge is -2.25. The summed E-state index contributed by atoms with van der Waals surface area (Å²) >= 11 is 0. The van der Waals surface area contributed by atoms with Gasteiger partial charge < -0.3 is 15.4 Å². The molecule has 118 valence electrons. The minimum Gasteiger partial charge on any atom is -0.376 e. The standard InChI is InChI=1S/C15H32N4O/c1-5-16-15(18-12-14-8-7-11-20-14)17-9-10-19(6-2)13(3)4/h13-14H,5-12H2,1-4H3,(H2,16,17,18). The molecule has 1 heterocycles. The van der Waals surface area contributed by atoms with Gasteiger partial charge in [0.05, 0.1) is 12.6 Å². The second-order valence-corrected chi connectivity index (χ2v) is 5.50. The van der Waals surface area contributed by atoms with E-state index in [0.29, 0.717) is 12.1 Å². The number of likely N-dealkylation sites (N-methyl/N-ethyl adjacent to an activating group) is 1. The Bertz CT molecular complexity index is 275. The molecule has 0 bridgehead atoms. The maximum Gasteiger partial charge on any atom is 0.191 e. The molecule has 1 saturated heterocycles. The quantitative estimate of drug-likeness (QED) is 0.523. The highest BCUT2D eigenvalue weighted by molar-refractivity contribution is 5.79. The fourth-order valence-electron chi connectivity index (χ4n) is 2.42. The third-order valence-corrected chi connectivity index (χ3v) is 3.65. The molecule has 1 atom stereocenters. The maximum atomic E-state index is 5.60. The van der Waals surface area contributed by atoms with Gasteiger partial charge in [-0.2, -0.15) is 0 Å². The Kier molecular flexibility index (Phi) is 8.62. The number of guanidine groups is 1. The molecular weight excluding hydrogens is 252 g/mol. The van der Waals surface area contributed by atoms with E-state index in [9.17, 15) is 0 Å². The van der Waals surface area contributed by atoms with Gasteiger partial charge in [-0.15, -0.1) is 0 Å². The molecule has 1 fully saturated rings. The van der Waals surface area contributed by atoms with Crippen molar-refractivity contribution in [3.63, 3.8) is 0 Å². The molecule has 0 spiro atoms. The summed E-state index contributed by atoms with van der Waals surface area (Å²) in [5.41, 5.74) is 0. The van der Waals surface area contributed by atoms with Crippen LogP contribution in [0.3, 0.4) is 0 Å². The summed E-state index contributed by atoms with van der Waals surface area (Å²) in [5.74, 6) is 0.905. The molecule has 1 aliphatic rings. The van der Waals surface area contributed by atoms with Crippen molar-refractivity contribution >= 4 is 5.96 Å². The van der Waals surface area contributed by atoms with Crippen molar-refractivity contribution in [1.82, 2.24) is 15.5 Å². The molecular formula is C15H32N4O. The average Bonchev–Trinajstić information content (AvgIpc) is 2.93. The van der Waals surface area contributed by atoms with Crippen LogP contribution >= 0.6 is 0 Å². The molecule has 2 N–H and O–H groups in total. The van der Waals surface area contributed by atoms with Gasteiger partial charge in [0.2, 0.25) is 0 Å². The molecule has 1 aliphatic heterocycles. The summed E-state index contributed by atoms with van der Waals surface area (Å²) in [6.45, 7) is 14.4. The van der Waals surface area contributed by atoms with E-state index < -0.39 is 0 Å². The Morgan fingerprint density at radius 3 is 2.70 bits per heavy atom. The van der Waals surface area contributed by atoms with E-state index in [-0.39, 0.29) is 0 Å². The molecule has 0 aromatic heterocycles. The van der Waals surface area contributed by atoms with E-state index in [0.717, 1.165) is 51.7 Å². The molecule has 0 saturated carbocycles. The van der Waals surface area contributed by atoms with E-state index in [2.05, 4.69) is 48.2 Å². The summed E-state index contributed by atoms with van der Waals surface area (Å²) in [7, 11) is 0. The molecule has 0 radical (unpaired) electrons. The Hall–Kier alpha value is -0.810. The topological polar surface area (TPSA) is 48.9 Å². The Morgan fingerprint density at radius 2 is 2.15 bits per heavy atom. The number of aliphatic imine (C=N–C) groups is 1. The SMILES string of the molecule is CCNC(=NCC1CCCO1)NCCN(CC)C(C)C. The van der Waals surface area contributed by atoms with Gasteiger partial charge in [0.1, 0.15) is 0 Å². The van der Waals surface area contributed by atoms with Crippen molar-refractivity contribution in [2.45, 2.75) is 52.7 Å². The van der Waals surface area contributed by atoms with E-state index in [1.54, 1.807) is 0 Å². The lowest BCUT2D eigenvalue weighted by atomic mass is 10.2. The predicted octanol–water partition coefficient (Wildman–Crippen LogP) is 1.45. The zero-order chi connectivity index (χ0) is 14.8. The summed E-state index contributed by atoms with van der Waals surface area (Å²) in [4.78, 5) is 7.06. The lowest BCUT2D eigenvalue weighted by Crippen LogP contribution is -2.43. The minimum absolute atomic E-state index is 0.313. The van der Waals surface area contributed by atoms with Gasteiger partial charge in [0.25, 0.3) is 0 Å². The zero-order valence-corrected chi connectivity index (χ0v) is 13.6. The van der Waals surface area contributed by atoms with Crippen molar-refractivity contribution in [2.75, 3.05) is 39.3 Å². The average molecular weight is 284 g/mol. The molecule has 1 unspecified atom stereocenters. The van der Waals surface area contributed by atoms with E-state index in [1.807, 2.05) is 0 Å². The third kappa shape index (κ3) is 6.57. The minimum atomic E-state index is 0.313. The van der Waals surface area contributed by atoms with E-state index in [1.165, 1.54) is 6.42 Å². The largest absolute Gasteiger partial charge is 0.376 e. The van der Waals surface area contributed by atoms with Crippen molar-refractivity contribution in [3.8, 4) is 0 Å². The number of rotatable bonds is 8. The second-order valence-electron chi connectivity index (χ2n) is 5.50. The van der Waals surface area contributed by atoms with E-state index in [4.69, 9.17) is 4.74 Å². The van der Waals surface area contributed by atoms with Crippen LogP contribution in [0.4, 0.5) is 0 Å².